The lowest BCUT2D eigenvalue weighted by molar-refractivity contribution is -0.122. The second-order valence-corrected chi connectivity index (χ2v) is 5.55. The lowest BCUT2D eigenvalue weighted by atomic mass is 9.84. The lowest BCUT2D eigenvalue weighted by Crippen LogP contribution is -2.40. The number of amides is 1. The Labute approximate surface area is 125 Å². The first kappa shape index (κ1) is 14.6. The molecule has 1 amide bonds. The van der Waals surface area contributed by atoms with Crippen LogP contribution >= 0.6 is 0 Å². The molecule has 1 saturated carbocycles. The van der Waals surface area contributed by atoms with Crippen LogP contribution in [0.1, 0.15) is 25.7 Å². The number of benzene rings is 1. The Morgan fingerprint density at radius 1 is 1.18 bits per heavy atom. The number of nitrogens with two attached hydrogens (primary N) is 1. The summed E-state index contributed by atoms with van der Waals surface area (Å²) in [5.41, 5.74) is 5.75. The van der Waals surface area contributed by atoms with Crippen LogP contribution in [0.3, 0.4) is 0 Å². The Morgan fingerprint density at radius 3 is 2.68 bits per heavy atom. The van der Waals surface area contributed by atoms with Gasteiger partial charge >= 0.3 is 0 Å². The van der Waals surface area contributed by atoms with Crippen molar-refractivity contribution in [2.45, 2.75) is 31.7 Å². The van der Waals surface area contributed by atoms with E-state index < -0.39 is 11.6 Å². The van der Waals surface area contributed by atoms with E-state index in [0.29, 0.717) is 16.7 Å². The molecule has 1 aromatic carbocycles. The molecule has 0 radical (unpaired) electrons. The van der Waals surface area contributed by atoms with Gasteiger partial charge in [-0.15, -0.1) is 0 Å². The number of carbonyl (C=O) groups excluding carboxylic acids is 1. The topological polar surface area (TPSA) is 80.9 Å². The second kappa shape index (κ2) is 5.82. The molecule has 116 valence electrons. The number of rotatable bonds is 3. The maximum absolute atomic E-state index is 13.5. The number of fused-ring (bicyclic) bond motifs is 1. The van der Waals surface area contributed by atoms with Crippen molar-refractivity contribution in [2.75, 3.05) is 5.32 Å². The van der Waals surface area contributed by atoms with Crippen molar-refractivity contribution in [3.63, 3.8) is 0 Å². The van der Waals surface area contributed by atoms with Gasteiger partial charge in [-0.2, -0.15) is 0 Å². The van der Waals surface area contributed by atoms with Crippen molar-refractivity contribution >= 4 is 22.6 Å². The molecule has 2 aromatic rings. The van der Waals surface area contributed by atoms with E-state index in [0.717, 1.165) is 37.8 Å². The van der Waals surface area contributed by atoms with Gasteiger partial charge in [-0.05, 0) is 18.9 Å². The zero-order valence-electron chi connectivity index (χ0n) is 11.9. The van der Waals surface area contributed by atoms with Crippen LogP contribution < -0.4 is 11.1 Å². The molecule has 1 fully saturated rings. The van der Waals surface area contributed by atoms with E-state index >= 15 is 0 Å². The molecule has 0 bridgehead atoms. The van der Waals surface area contributed by atoms with E-state index in [4.69, 9.17) is 5.73 Å². The highest BCUT2D eigenvalue weighted by Crippen LogP contribution is 2.29. The molecule has 1 aliphatic carbocycles. The van der Waals surface area contributed by atoms with Crippen LogP contribution in [-0.2, 0) is 4.79 Å². The molecule has 0 saturated heterocycles. The number of primary amides is 1. The first-order valence-corrected chi connectivity index (χ1v) is 7.22. The van der Waals surface area contributed by atoms with E-state index in [-0.39, 0.29) is 17.9 Å². The second-order valence-electron chi connectivity index (χ2n) is 5.55. The van der Waals surface area contributed by atoms with Gasteiger partial charge < -0.3 is 11.1 Å². The Balaban J connectivity index is 1.96. The molecule has 1 aromatic heterocycles. The summed E-state index contributed by atoms with van der Waals surface area (Å²) in [7, 11) is 0. The normalized spacial score (nSPS) is 21.7. The van der Waals surface area contributed by atoms with Gasteiger partial charge in [-0.1, -0.05) is 12.8 Å². The molecule has 0 spiro atoms. The number of nitrogens with one attached hydrogen (secondary N) is 1. The molecule has 3 rings (SSSR count). The number of aromatic nitrogens is 2. The minimum Gasteiger partial charge on any atom is -0.369 e. The fourth-order valence-corrected chi connectivity index (χ4v) is 2.99. The molecular weight excluding hydrogens is 290 g/mol. The molecule has 7 heteroatoms. The summed E-state index contributed by atoms with van der Waals surface area (Å²) in [6.45, 7) is 0. The Bertz CT molecular complexity index is 722. The maximum Gasteiger partial charge on any atom is 0.222 e. The molecule has 22 heavy (non-hydrogen) atoms. The van der Waals surface area contributed by atoms with Crippen molar-refractivity contribution in [1.29, 1.82) is 0 Å². The zero-order chi connectivity index (χ0) is 15.7. The molecule has 5 nitrogen and oxygen atoms in total. The van der Waals surface area contributed by atoms with Gasteiger partial charge in [-0.3, -0.25) is 4.79 Å². The number of anilines is 1. The van der Waals surface area contributed by atoms with E-state index in [1.807, 2.05) is 0 Å². The van der Waals surface area contributed by atoms with Gasteiger partial charge in [0.2, 0.25) is 5.91 Å². The highest BCUT2D eigenvalue weighted by Gasteiger charge is 2.30. The van der Waals surface area contributed by atoms with Crippen LogP contribution in [0.2, 0.25) is 0 Å². The fraction of sp³-hybridized carbons (Fsp3) is 0.400. The predicted molar refractivity (Wildman–Crippen MR) is 78.0 cm³/mol. The average Bonchev–Trinajstić information content (AvgIpc) is 2.49. The van der Waals surface area contributed by atoms with E-state index in [1.165, 1.54) is 6.33 Å². The minimum absolute atomic E-state index is 0.155. The van der Waals surface area contributed by atoms with Crippen molar-refractivity contribution in [2.24, 2.45) is 11.7 Å². The summed E-state index contributed by atoms with van der Waals surface area (Å²) in [6, 6.07) is 1.94. The standard InChI is InChI=1S/C15H16F2N4O/c16-10-5-9-13(6-11(10)17)19-7-20-15(9)21-12-4-2-1-3-8(12)14(18)22/h5-8,12H,1-4H2,(H2,18,22)(H,19,20,21). The summed E-state index contributed by atoms with van der Waals surface area (Å²) >= 11 is 0. The molecule has 2 atom stereocenters. The Kier molecular flexibility index (Phi) is 3.87. The number of halogens is 2. The average molecular weight is 306 g/mol. The molecule has 1 heterocycles. The van der Waals surface area contributed by atoms with E-state index in [9.17, 15) is 13.6 Å². The summed E-state index contributed by atoms with van der Waals surface area (Å²) in [5, 5.41) is 3.55. The van der Waals surface area contributed by atoms with Crippen molar-refractivity contribution in [1.82, 2.24) is 9.97 Å². The van der Waals surface area contributed by atoms with E-state index in [2.05, 4.69) is 15.3 Å². The third-order valence-corrected chi connectivity index (χ3v) is 4.13. The zero-order valence-corrected chi connectivity index (χ0v) is 11.9. The maximum atomic E-state index is 13.5. The van der Waals surface area contributed by atoms with Gasteiger partial charge in [0.15, 0.2) is 11.6 Å². The number of nitrogens with zero attached hydrogens (tertiary/aromatic N) is 2. The largest absolute Gasteiger partial charge is 0.369 e. The fourth-order valence-electron chi connectivity index (χ4n) is 2.99. The van der Waals surface area contributed by atoms with Crippen LogP contribution in [0.15, 0.2) is 18.5 Å². The van der Waals surface area contributed by atoms with Crippen molar-refractivity contribution in [3.8, 4) is 0 Å². The number of hydrogen-bond donors (Lipinski definition) is 2. The summed E-state index contributed by atoms with van der Waals surface area (Å²) in [4.78, 5) is 19.6. The molecule has 1 aliphatic rings. The Morgan fingerprint density at radius 2 is 1.91 bits per heavy atom. The first-order valence-electron chi connectivity index (χ1n) is 7.22. The van der Waals surface area contributed by atoms with E-state index in [1.54, 1.807) is 0 Å². The number of hydrogen-bond acceptors (Lipinski definition) is 4. The van der Waals surface area contributed by atoms with Crippen molar-refractivity contribution < 1.29 is 13.6 Å². The summed E-state index contributed by atoms with van der Waals surface area (Å²) < 4.78 is 26.8. The van der Waals surface area contributed by atoms with Crippen LogP contribution in [-0.4, -0.2) is 21.9 Å². The van der Waals surface area contributed by atoms with Crippen molar-refractivity contribution in [3.05, 3.63) is 30.1 Å². The highest BCUT2D eigenvalue weighted by molar-refractivity contribution is 5.89. The SMILES string of the molecule is NC(=O)C1CCCCC1Nc1ncnc2cc(F)c(F)cc12. The van der Waals surface area contributed by atoms with Crippen LogP contribution in [0.4, 0.5) is 14.6 Å². The quantitative estimate of drug-likeness (QED) is 0.912. The molecular formula is C15H16F2N4O. The first-order chi connectivity index (χ1) is 10.6. The molecule has 0 aliphatic heterocycles. The minimum atomic E-state index is -0.958. The highest BCUT2D eigenvalue weighted by atomic mass is 19.2. The van der Waals surface area contributed by atoms with Gasteiger partial charge in [-0.25, -0.2) is 18.7 Å². The van der Waals surface area contributed by atoms with Gasteiger partial charge in [0.25, 0.3) is 0 Å². The van der Waals surface area contributed by atoms with Crippen LogP contribution in [0, 0.1) is 17.6 Å². The van der Waals surface area contributed by atoms with Gasteiger partial charge in [0, 0.05) is 17.5 Å². The number of carbonyl (C=O) groups is 1. The van der Waals surface area contributed by atoms with Gasteiger partial charge in [0.1, 0.15) is 12.1 Å². The summed E-state index contributed by atoms with van der Waals surface area (Å²) in [6.07, 6.45) is 4.72. The Hall–Kier alpha value is -2.31. The monoisotopic (exact) mass is 306 g/mol. The van der Waals surface area contributed by atoms with Crippen LogP contribution in [0.5, 0.6) is 0 Å². The lowest BCUT2D eigenvalue weighted by Gasteiger charge is -2.30. The predicted octanol–water partition coefficient (Wildman–Crippen LogP) is 2.36. The molecule has 3 N–H and O–H groups in total. The summed E-state index contributed by atoms with van der Waals surface area (Å²) in [5.74, 6) is -2.16. The third kappa shape index (κ3) is 2.70. The van der Waals surface area contributed by atoms with Crippen LogP contribution in [0.25, 0.3) is 10.9 Å². The van der Waals surface area contributed by atoms with Gasteiger partial charge in [0.05, 0.1) is 11.4 Å². The third-order valence-electron chi connectivity index (χ3n) is 4.13. The smallest absolute Gasteiger partial charge is 0.222 e. The molecule has 2 unspecified atom stereocenters.